The van der Waals surface area contributed by atoms with Crippen LogP contribution in [0.25, 0.3) is 5.69 Å². The van der Waals surface area contributed by atoms with E-state index in [1.54, 1.807) is 10.9 Å². The molecule has 1 amide bonds. The third-order valence-corrected chi connectivity index (χ3v) is 4.86. The zero-order valence-corrected chi connectivity index (χ0v) is 16.7. The van der Waals surface area contributed by atoms with Crippen molar-refractivity contribution in [1.29, 1.82) is 0 Å². The Hall–Kier alpha value is -2.63. The molecule has 152 valence electrons. The van der Waals surface area contributed by atoms with Gasteiger partial charge in [0.05, 0.1) is 23.1 Å². The average molecular weight is 386 g/mol. The molecule has 0 fully saturated rings. The number of carbonyl (C=O) groups excluding carboxylic acids is 1. The van der Waals surface area contributed by atoms with Crippen LogP contribution in [0, 0.1) is 6.92 Å². The number of carboxylic acid groups (broad SMARTS) is 1. The molecule has 0 aliphatic heterocycles. The molecule has 6 heteroatoms. The van der Waals surface area contributed by atoms with E-state index >= 15 is 0 Å². The zero-order chi connectivity index (χ0) is 20.2. The summed E-state index contributed by atoms with van der Waals surface area (Å²) in [6.45, 7) is 2.58. The Kier molecular flexibility index (Phi) is 9.25. The summed E-state index contributed by atoms with van der Waals surface area (Å²) in [6.07, 6.45) is 10.3. The number of nitrogens with zero attached hydrogens (tertiary/aromatic N) is 2. The van der Waals surface area contributed by atoms with Crippen LogP contribution in [-0.4, -0.2) is 33.3 Å². The van der Waals surface area contributed by atoms with Gasteiger partial charge in [-0.15, -0.1) is 0 Å². The lowest BCUT2D eigenvalue weighted by Gasteiger charge is -2.07. The van der Waals surface area contributed by atoms with Crippen molar-refractivity contribution in [3.63, 3.8) is 0 Å². The standard InChI is InChI=1S/C22H31N3O3/c1-18-20(17-24-25(18)19-13-9-8-10-14-19)22(28)23-16-12-7-5-3-2-4-6-11-15-21(26)27/h8-10,13-14,17H,2-7,11-12,15-16H2,1H3,(H,23,28)(H,26,27). The molecule has 28 heavy (non-hydrogen) atoms. The second-order valence-corrected chi connectivity index (χ2v) is 7.12. The lowest BCUT2D eigenvalue weighted by Crippen LogP contribution is -2.24. The van der Waals surface area contributed by atoms with Gasteiger partial charge in [0.1, 0.15) is 0 Å². The number of carboxylic acids is 1. The van der Waals surface area contributed by atoms with Crippen LogP contribution in [0.5, 0.6) is 0 Å². The summed E-state index contributed by atoms with van der Waals surface area (Å²) >= 11 is 0. The first-order valence-electron chi connectivity index (χ1n) is 10.2. The number of aliphatic carboxylic acids is 1. The fraction of sp³-hybridized carbons (Fsp3) is 0.500. The van der Waals surface area contributed by atoms with Crippen LogP contribution in [0.4, 0.5) is 0 Å². The Labute approximate surface area is 167 Å². The Morgan fingerprint density at radius 3 is 2.21 bits per heavy atom. The molecule has 0 spiro atoms. The van der Waals surface area contributed by atoms with E-state index in [0.29, 0.717) is 12.1 Å². The fourth-order valence-electron chi connectivity index (χ4n) is 3.22. The minimum absolute atomic E-state index is 0.0712. The molecule has 0 radical (unpaired) electrons. The van der Waals surface area contributed by atoms with Crippen molar-refractivity contribution in [2.75, 3.05) is 6.54 Å². The van der Waals surface area contributed by atoms with Gasteiger partial charge in [0.2, 0.25) is 0 Å². The number of amides is 1. The molecule has 0 saturated heterocycles. The molecule has 0 aliphatic rings. The van der Waals surface area contributed by atoms with E-state index in [-0.39, 0.29) is 12.3 Å². The second kappa shape index (κ2) is 12.0. The topological polar surface area (TPSA) is 84.2 Å². The molecule has 0 saturated carbocycles. The summed E-state index contributed by atoms with van der Waals surface area (Å²) in [4.78, 5) is 22.8. The number of benzene rings is 1. The number of hydrogen-bond acceptors (Lipinski definition) is 3. The molecule has 6 nitrogen and oxygen atoms in total. The smallest absolute Gasteiger partial charge is 0.303 e. The third-order valence-electron chi connectivity index (χ3n) is 4.86. The maximum Gasteiger partial charge on any atom is 0.303 e. The number of unbranched alkanes of at least 4 members (excludes halogenated alkanes) is 7. The molecule has 0 bridgehead atoms. The lowest BCUT2D eigenvalue weighted by molar-refractivity contribution is -0.137. The molecule has 0 aliphatic carbocycles. The van der Waals surface area contributed by atoms with E-state index in [0.717, 1.165) is 56.3 Å². The van der Waals surface area contributed by atoms with Gasteiger partial charge in [0.15, 0.2) is 0 Å². The van der Waals surface area contributed by atoms with Gasteiger partial charge in [-0.05, 0) is 31.9 Å². The van der Waals surface area contributed by atoms with Crippen LogP contribution < -0.4 is 5.32 Å². The van der Waals surface area contributed by atoms with Crippen LogP contribution in [0.15, 0.2) is 36.5 Å². The molecule has 0 unspecified atom stereocenters. The lowest BCUT2D eigenvalue weighted by atomic mass is 10.1. The first-order chi connectivity index (χ1) is 13.6. The van der Waals surface area contributed by atoms with E-state index in [1.807, 2.05) is 37.3 Å². The summed E-state index contributed by atoms with van der Waals surface area (Å²) in [5, 5.41) is 15.9. The van der Waals surface area contributed by atoms with Gasteiger partial charge in [-0.3, -0.25) is 9.59 Å². The van der Waals surface area contributed by atoms with Crippen molar-refractivity contribution in [1.82, 2.24) is 15.1 Å². The molecule has 2 aromatic rings. The van der Waals surface area contributed by atoms with Crippen LogP contribution >= 0.6 is 0 Å². The first-order valence-corrected chi connectivity index (χ1v) is 10.2. The van der Waals surface area contributed by atoms with Crippen molar-refractivity contribution in [3.05, 3.63) is 47.8 Å². The predicted octanol–water partition coefficient (Wildman–Crippen LogP) is 4.51. The first kappa shape index (κ1) is 21.7. The van der Waals surface area contributed by atoms with Crippen LogP contribution in [-0.2, 0) is 4.79 Å². The van der Waals surface area contributed by atoms with E-state index in [4.69, 9.17) is 5.11 Å². The van der Waals surface area contributed by atoms with Crippen LogP contribution in [0.3, 0.4) is 0 Å². The molecular weight excluding hydrogens is 354 g/mol. The minimum atomic E-state index is -0.704. The summed E-state index contributed by atoms with van der Waals surface area (Å²) < 4.78 is 1.78. The van der Waals surface area contributed by atoms with Crippen molar-refractivity contribution < 1.29 is 14.7 Å². The summed E-state index contributed by atoms with van der Waals surface area (Å²) in [7, 11) is 0. The summed E-state index contributed by atoms with van der Waals surface area (Å²) in [5.74, 6) is -0.775. The van der Waals surface area contributed by atoms with Gasteiger partial charge >= 0.3 is 5.97 Å². The minimum Gasteiger partial charge on any atom is -0.481 e. The van der Waals surface area contributed by atoms with E-state index in [1.165, 1.54) is 6.42 Å². The molecular formula is C22H31N3O3. The van der Waals surface area contributed by atoms with Gasteiger partial charge in [-0.2, -0.15) is 5.10 Å². The molecule has 1 aromatic heterocycles. The quantitative estimate of drug-likeness (QED) is 0.497. The normalized spacial score (nSPS) is 10.8. The second-order valence-electron chi connectivity index (χ2n) is 7.12. The van der Waals surface area contributed by atoms with Crippen molar-refractivity contribution in [3.8, 4) is 5.69 Å². The molecule has 0 atom stereocenters. The van der Waals surface area contributed by atoms with Crippen molar-refractivity contribution in [2.24, 2.45) is 0 Å². The Bertz CT molecular complexity index is 741. The van der Waals surface area contributed by atoms with Gasteiger partial charge in [0, 0.05) is 13.0 Å². The fourth-order valence-corrected chi connectivity index (χ4v) is 3.22. The third kappa shape index (κ3) is 7.18. The van der Waals surface area contributed by atoms with E-state index in [2.05, 4.69) is 10.4 Å². The molecule has 1 heterocycles. The van der Waals surface area contributed by atoms with Gasteiger partial charge < -0.3 is 10.4 Å². The maximum atomic E-state index is 12.4. The molecule has 1 aromatic carbocycles. The monoisotopic (exact) mass is 385 g/mol. The zero-order valence-electron chi connectivity index (χ0n) is 16.7. The highest BCUT2D eigenvalue weighted by atomic mass is 16.4. The molecule has 2 rings (SSSR count). The Morgan fingerprint density at radius 2 is 1.57 bits per heavy atom. The van der Waals surface area contributed by atoms with Gasteiger partial charge in [-0.1, -0.05) is 56.7 Å². The number of aromatic nitrogens is 2. The number of nitrogens with one attached hydrogen (secondary N) is 1. The number of para-hydroxylation sites is 1. The van der Waals surface area contributed by atoms with Gasteiger partial charge in [0.25, 0.3) is 5.91 Å². The maximum absolute atomic E-state index is 12.4. The largest absolute Gasteiger partial charge is 0.481 e. The summed E-state index contributed by atoms with van der Waals surface area (Å²) in [6, 6.07) is 9.79. The highest BCUT2D eigenvalue weighted by molar-refractivity contribution is 5.95. The predicted molar refractivity (Wildman–Crippen MR) is 110 cm³/mol. The van der Waals surface area contributed by atoms with Crippen molar-refractivity contribution in [2.45, 2.75) is 64.7 Å². The highest BCUT2D eigenvalue weighted by Gasteiger charge is 2.14. The van der Waals surface area contributed by atoms with Crippen LogP contribution in [0.1, 0.15) is 73.8 Å². The number of hydrogen-bond donors (Lipinski definition) is 2. The van der Waals surface area contributed by atoms with Crippen molar-refractivity contribution >= 4 is 11.9 Å². The summed E-state index contributed by atoms with van der Waals surface area (Å²) in [5.41, 5.74) is 2.40. The van der Waals surface area contributed by atoms with Crippen LogP contribution in [0.2, 0.25) is 0 Å². The number of carbonyl (C=O) groups is 2. The molecule has 2 N–H and O–H groups in total. The Morgan fingerprint density at radius 1 is 0.964 bits per heavy atom. The van der Waals surface area contributed by atoms with Gasteiger partial charge in [-0.25, -0.2) is 4.68 Å². The SMILES string of the molecule is Cc1c(C(=O)NCCCCCCCCCCC(=O)O)cnn1-c1ccccc1. The highest BCUT2D eigenvalue weighted by Crippen LogP contribution is 2.14. The Balaban J connectivity index is 1.58. The van der Waals surface area contributed by atoms with E-state index < -0.39 is 5.97 Å². The average Bonchev–Trinajstić information content (AvgIpc) is 3.08. The number of rotatable bonds is 13. The van der Waals surface area contributed by atoms with E-state index in [9.17, 15) is 9.59 Å².